The van der Waals surface area contributed by atoms with E-state index in [4.69, 9.17) is 29.9 Å². The van der Waals surface area contributed by atoms with Crippen LogP contribution in [0.15, 0.2) is 83.5 Å². The van der Waals surface area contributed by atoms with Crippen LogP contribution in [0.5, 0.6) is 5.75 Å². The molecular weight excluding hydrogens is 771 g/mol. The van der Waals surface area contributed by atoms with Crippen molar-refractivity contribution in [3.63, 3.8) is 0 Å². The topological polar surface area (TPSA) is 278 Å². The van der Waals surface area contributed by atoms with Crippen LogP contribution < -0.4 is 15.4 Å². The van der Waals surface area contributed by atoms with Crippen molar-refractivity contribution in [1.29, 1.82) is 0 Å². The quantitative estimate of drug-likeness (QED) is 0.110. The van der Waals surface area contributed by atoms with Crippen molar-refractivity contribution in [2.75, 3.05) is 36.4 Å². The highest BCUT2D eigenvalue weighted by Gasteiger charge is 2.12. The molecular formula is C31H38ClFN4O12S3. The lowest BCUT2D eigenvalue weighted by Gasteiger charge is -2.12. The van der Waals surface area contributed by atoms with Crippen molar-refractivity contribution in [1.82, 2.24) is 15.3 Å². The van der Waals surface area contributed by atoms with E-state index in [0.717, 1.165) is 16.5 Å². The van der Waals surface area contributed by atoms with Crippen molar-refractivity contribution in [3.8, 4) is 17.1 Å². The summed E-state index contributed by atoms with van der Waals surface area (Å²) in [5.41, 5.74) is 2.99. The first-order valence-corrected chi connectivity index (χ1v) is 20.4. The van der Waals surface area contributed by atoms with E-state index in [0.29, 0.717) is 65.0 Å². The van der Waals surface area contributed by atoms with E-state index in [1.54, 1.807) is 24.3 Å². The first kappa shape index (κ1) is 45.8. The van der Waals surface area contributed by atoms with Gasteiger partial charge in [0, 0.05) is 29.4 Å². The Morgan fingerprint density at radius 3 is 2.15 bits per heavy atom. The molecule has 0 aliphatic carbocycles. The van der Waals surface area contributed by atoms with Crippen LogP contribution in [0.1, 0.15) is 11.3 Å². The summed E-state index contributed by atoms with van der Waals surface area (Å²) in [6.45, 7) is 0.956. The highest BCUT2D eigenvalue weighted by atomic mass is 35.5. The molecule has 0 radical (unpaired) electrons. The summed E-state index contributed by atoms with van der Waals surface area (Å²) < 4.78 is 99.5. The number of aromatic nitrogens is 2. The number of nitrogens with zero attached hydrogens (tertiary/aromatic N) is 2. The fraction of sp³-hybridized carbons (Fsp3) is 0.226. The lowest BCUT2D eigenvalue weighted by atomic mass is 10.1. The predicted octanol–water partition coefficient (Wildman–Crippen LogP) is 3.50. The molecule has 0 unspecified atom stereocenters. The molecule has 0 fully saturated rings. The first-order chi connectivity index (χ1) is 23.2. The van der Waals surface area contributed by atoms with Crippen molar-refractivity contribution < 1.29 is 58.9 Å². The fourth-order valence-corrected chi connectivity index (χ4v) is 4.78. The molecule has 5 rings (SSSR count). The summed E-state index contributed by atoms with van der Waals surface area (Å²) in [5.74, 6) is 2.17. The fourth-order valence-electron chi connectivity index (χ4n) is 4.03. The van der Waals surface area contributed by atoms with Gasteiger partial charge < -0.3 is 30.7 Å². The largest absolute Gasteiger partial charge is 0.487 e. The summed E-state index contributed by atoms with van der Waals surface area (Å²) >= 11 is 6.47. The first-order valence-electron chi connectivity index (χ1n) is 14.2. The molecule has 8 N–H and O–H groups in total. The minimum absolute atomic E-state index is 0. The zero-order valence-electron chi connectivity index (χ0n) is 27.9. The van der Waals surface area contributed by atoms with Crippen molar-refractivity contribution in [2.24, 2.45) is 0 Å². The van der Waals surface area contributed by atoms with Crippen LogP contribution >= 0.6 is 11.6 Å². The number of hydrogen-bond acceptors (Lipinski definition) is 12. The molecule has 0 amide bonds. The number of fused-ring (bicyclic) bond motifs is 1. The minimum atomic E-state index is -3.67. The molecule has 2 heterocycles. The van der Waals surface area contributed by atoms with Gasteiger partial charge in [-0.1, -0.05) is 23.7 Å². The second-order valence-corrected chi connectivity index (χ2v) is 16.3. The zero-order chi connectivity index (χ0) is 37.1. The van der Waals surface area contributed by atoms with Gasteiger partial charge in [-0.3, -0.25) is 9.11 Å². The van der Waals surface area contributed by atoms with E-state index < -0.39 is 30.1 Å². The van der Waals surface area contributed by atoms with Crippen LogP contribution in [-0.4, -0.2) is 86.3 Å². The van der Waals surface area contributed by atoms with E-state index >= 15 is 0 Å². The van der Waals surface area contributed by atoms with Gasteiger partial charge in [0.15, 0.2) is 0 Å². The molecule has 3 aromatic carbocycles. The highest BCUT2D eigenvalue weighted by Crippen LogP contribution is 2.33. The van der Waals surface area contributed by atoms with E-state index in [9.17, 15) is 29.6 Å². The number of anilines is 2. The maximum Gasteiger partial charge on any atom is 0.261 e. The molecule has 0 aliphatic rings. The van der Waals surface area contributed by atoms with E-state index in [-0.39, 0.29) is 29.1 Å². The molecule has 0 spiro atoms. The molecule has 0 aliphatic heterocycles. The van der Waals surface area contributed by atoms with Gasteiger partial charge in [-0.2, -0.15) is 16.8 Å². The van der Waals surface area contributed by atoms with E-state index in [1.807, 2.05) is 36.4 Å². The van der Waals surface area contributed by atoms with Gasteiger partial charge in [-0.15, -0.1) is 0 Å². The Balaban J connectivity index is 0.000000998. The molecule has 5 aromatic rings. The van der Waals surface area contributed by atoms with E-state index in [2.05, 4.69) is 20.6 Å². The number of ether oxygens (including phenoxy) is 1. The zero-order valence-corrected chi connectivity index (χ0v) is 31.1. The van der Waals surface area contributed by atoms with Gasteiger partial charge >= 0.3 is 0 Å². The molecule has 286 valence electrons. The molecule has 16 nitrogen and oxygen atoms in total. The second kappa shape index (κ2) is 20.1. The number of hydrogen-bond donors (Lipinski definition) is 4. The van der Waals surface area contributed by atoms with Crippen molar-refractivity contribution in [3.05, 3.63) is 101 Å². The van der Waals surface area contributed by atoms with Crippen LogP contribution in [-0.2, 0) is 43.2 Å². The third-order valence-electron chi connectivity index (χ3n) is 6.01. The maximum absolute atomic E-state index is 13.4. The Hall–Kier alpha value is -4.25. The number of rotatable bonds is 11. The Labute approximate surface area is 305 Å². The molecule has 0 saturated heterocycles. The number of halogens is 2. The predicted molar refractivity (Wildman–Crippen MR) is 196 cm³/mol. The Bertz CT molecular complexity index is 2210. The summed E-state index contributed by atoms with van der Waals surface area (Å²) in [6.07, 6.45) is 4.12. The number of benzene rings is 3. The normalized spacial score (nSPS) is 11.1. The van der Waals surface area contributed by atoms with Gasteiger partial charge in [0.25, 0.3) is 20.2 Å². The highest BCUT2D eigenvalue weighted by molar-refractivity contribution is 7.90. The number of sulfone groups is 1. The Morgan fingerprint density at radius 2 is 1.54 bits per heavy atom. The number of furan rings is 1. The van der Waals surface area contributed by atoms with Crippen LogP contribution in [0.2, 0.25) is 5.02 Å². The molecule has 0 atom stereocenters. The minimum Gasteiger partial charge on any atom is -0.487 e. The summed E-state index contributed by atoms with van der Waals surface area (Å²) in [6, 6.07) is 21.0. The average Bonchev–Trinajstić information content (AvgIpc) is 3.46. The number of nitrogens with one attached hydrogen (secondary N) is 2. The molecule has 21 heteroatoms. The Morgan fingerprint density at radius 1 is 0.865 bits per heavy atom. The van der Waals surface area contributed by atoms with Gasteiger partial charge in [0.1, 0.15) is 51.7 Å². The van der Waals surface area contributed by atoms with Crippen LogP contribution in [0.25, 0.3) is 22.2 Å². The van der Waals surface area contributed by atoms with Gasteiger partial charge in [0.05, 0.1) is 35.3 Å². The Kier molecular flexibility index (Phi) is 17.7. The summed E-state index contributed by atoms with van der Waals surface area (Å²) in [7, 11) is -10.4. The summed E-state index contributed by atoms with van der Waals surface area (Å²) in [4.78, 5) is 8.80. The molecule has 2 aromatic heterocycles. The lowest BCUT2D eigenvalue weighted by Crippen LogP contribution is -2.21. The van der Waals surface area contributed by atoms with Crippen molar-refractivity contribution in [2.45, 2.75) is 13.2 Å². The van der Waals surface area contributed by atoms with Gasteiger partial charge in [-0.05, 0) is 66.2 Å². The molecule has 0 saturated carbocycles. The van der Waals surface area contributed by atoms with Crippen LogP contribution in [0, 0.1) is 5.82 Å². The van der Waals surface area contributed by atoms with Crippen molar-refractivity contribution >= 4 is 64.1 Å². The second-order valence-electron chi connectivity index (χ2n) is 10.7. The molecule has 52 heavy (non-hydrogen) atoms. The van der Waals surface area contributed by atoms with Gasteiger partial charge in [0.2, 0.25) is 0 Å². The van der Waals surface area contributed by atoms with Crippen LogP contribution in [0.4, 0.5) is 15.9 Å². The standard InChI is InChI=1S/C29H26ClFN4O4S.2CH4O3S.2H2O/c1-40(36,37)12-11-32-16-23-7-10-27(39-23)20-5-8-26-24(14-20)29(34-18-33-26)35-22-6-9-28(25(30)15-22)38-17-19-3-2-4-21(31)13-19;2*1-5(2,3)4;;/h2-10,13-15,18,32H,11-12,16-17H2,1H3,(H,33,34,35);2*1H3,(H,2,3,4);2*1H2. The molecule has 0 bridgehead atoms. The van der Waals surface area contributed by atoms with E-state index in [1.165, 1.54) is 24.7 Å². The summed E-state index contributed by atoms with van der Waals surface area (Å²) in [5, 5.41) is 7.56. The smallest absolute Gasteiger partial charge is 0.261 e. The van der Waals surface area contributed by atoms with Crippen LogP contribution in [0.3, 0.4) is 0 Å². The lowest BCUT2D eigenvalue weighted by molar-refractivity contribution is 0.306. The third-order valence-corrected chi connectivity index (χ3v) is 7.25. The monoisotopic (exact) mass is 808 g/mol. The average molecular weight is 809 g/mol. The third kappa shape index (κ3) is 17.8. The van der Waals surface area contributed by atoms with Gasteiger partial charge in [-0.25, -0.2) is 22.8 Å². The maximum atomic E-state index is 13.4. The SMILES string of the molecule is CS(=O)(=O)CCNCc1ccc(-c2ccc3ncnc(Nc4ccc(OCc5cccc(F)c5)c(Cl)c4)c3c2)o1.CS(=O)(=O)O.CS(=O)(=O)O.O.O.